The van der Waals surface area contributed by atoms with Crippen molar-refractivity contribution in [2.45, 2.75) is 6.92 Å². The molecule has 0 saturated heterocycles. The lowest BCUT2D eigenvalue weighted by atomic mass is 10.3. The summed E-state index contributed by atoms with van der Waals surface area (Å²) in [6.45, 7) is 5.30. The molecule has 4 nitrogen and oxygen atoms in total. The summed E-state index contributed by atoms with van der Waals surface area (Å²) in [5.74, 6) is 0. The molecular weight excluding hydrogens is 248 g/mol. The molecule has 5 heteroatoms. The number of thiazole rings is 1. The fourth-order valence-corrected chi connectivity index (χ4v) is 2.58. The Labute approximate surface area is 111 Å². The Morgan fingerprint density at radius 2 is 2.17 bits per heavy atom. The number of hydrogen-bond donors (Lipinski definition) is 1. The number of ether oxygens (including phenoxy) is 1. The molecule has 0 spiro atoms. The molecule has 0 amide bonds. The molecule has 1 N–H and O–H groups in total. The quantitative estimate of drug-likeness (QED) is 0.832. The van der Waals surface area contributed by atoms with Crippen LogP contribution in [0.1, 0.15) is 6.92 Å². The van der Waals surface area contributed by atoms with Gasteiger partial charge in [-0.15, -0.1) is 0 Å². The number of hydrogen-bond acceptors (Lipinski definition) is 5. The van der Waals surface area contributed by atoms with Gasteiger partial charge in [-0.3, -0.25) is 4.90 Å². The fourth-order valence-electron chi connectivity index (χ4n) is 1.74. The van der Waals surface area contributed by atoms with Crippen molar-refractivity contribution in [1.29, 1.82) is 0 Å². The summed E-state index contributed by atoms with van der Waals surface area (Å²) < 4.78 is 6.80. The number of nitrogens with zero attached hydrogens (tertiary/aromatic N) is 2. The Kier molecular flexibility index (Phi) is 4.92. The van der Waals surface area contributed by atoms with Crippen LogP contribution in [0.5, 0.6) is 5.19 Å². The summed E-state index contributed by atoms with van der Waals surface area (Å²) in [5.41, 5.74) is 0.986. The molecule has 18 heavy (non-hydrogen) atoms. The van der Waals surface area contributed by atoms with E-state index in [1.807, 2.05) is 24.3 Å². The van der Waals surface area contributed by atoms with Gasteiger partial charge in [-0.1, -0.05) is 30.4 Å². The monoisotopic (exact) mass is 266 g/mol. The first-order valence-electron chi connectivity index (χ1n) is 6.15. The summed E-state index contributed by atoms with van der Waals surface area (Å²) in [6.07, 6.45) is 0. The molecule has 1 aromatic carbocycles. The maximum absolute atomic E-state index is 8.89. The maximum Gasteiger partial charge on any atom is 0.274 e. The zero-order valence-electron chi connectivity index (χ0n) is 10.5. The van der Waals surface area contributed by atoms with E-state index in [0.29, 0.717) is 13.2 Å². The number of likely N-dealkylation sites (N-methyl/N-ethyl adjacent to an activating group) is 1. The summed E-state index contributed by atoms with van der Waals surface area (Å²) in [7, 11) is 0. The van der Waals surface area contributed by atoms with Crippen LogP contribution in [-0.2, 0) is 0 Å². The molecule has 0 aliphatic rings. The van der Waals surface area contributed by atoms with Crippen LogP contribution >= 0.6 is 11.3 Å². The minimum atomic E-state index is 0.189. The van der Waals surface area contributed by atoms with Crippen LogP contribution in [-0.4, -0.2) is 47.8 Å². The highest BCUT2D eigenvalue weighted by Gasteiger charge is 2.05. The molecule has 0 aliphatic heterocycles. The third kappa shape index (κ3) is 3.41. The summed E-state index contributed by atoms with van der Waals surface area (Å²) in [6, 6.07) is 8.02. The first kappa shape index (κ1) is 13.3. The normalized spacial score (nSPS) is 11.3. The SMILES string of the molecule is CCN(CCO)CCOc1nc2ccccc2s1. The largest absolute Gasteiger partial charge is 0.469 e. The van der Waals surface area contributed by atoms with Gasteiger partial charge in [0.25, 0.3) is 5.19 Å². The van der Waals surface area contributed by atoms with Gasteiger partial charge >= 0.3 is 0 Å². The lowest BCUT2D eigenvalue weighted by Crippen LogP contribution is -2.30. The van der Waals surface area contributed by atoms with Crippen LogP contribution in [0, 0.1) is 0 Å². The van der Waals surface area contributed by atoms with Gasteiger partial charge < -0.3 is 9.84 Å². The van der Waals surface area contributed by atoms with E-state index in [-0.39, 0.29) is 6.61 Å². The zero-order chi connectivity index (χ0) is 12.8. The minimum Gasteiger partial charge on any atom is -0.469 e. The number of aliphatic hydroxyl groups is 1. The van der Waals surface area contributed by atoms with E-state index in [9.17, 15) is 0 Å². The van der Waals surface area contributed by atoms with Crippen molar-refractivity contribution in [2.24, 2.45) is 0 Å². The molecule has 0 saturated carbocycles. The fraction of sp³-hybridized carbons (Fsp3) is 0.462. The van der Waals surface area contributed by atoms with E-state index < -0.39 is 0 Å². The molecule has 0 unspecified atom stereocenters. The average Bonchev–Trinajstić information content (AvgIpc) is 2.80. The highest BCUT2D eigenvalue weighted by atomic mass is 32.1. The van der Waals surface area contributed by atoms with Crippen molar-refractivity contribution < 1.29 is 9.84 Å². The van der Waals surface area contributed by atoms with Gasteiger partial charge in [-0.25, -0.2) is 4.98 Å². The van der Waals surface area contributed by atoms with E-state index in [4.69, 9.17) is 9.84 Å². The van der Waals surface area contributed by atoms with Crippen molar-refractivity contribution >= 4 is 21.6 Å². The molecule has 1 aromatic heterocycles. The van der Waals surface area contributed by atoms with Gasteiger partial charge in [0.2, 0.25) is 0 Å². The zero-order valence-corrected chi connectivity index (χ0v) is 11.3. The van der Waals surface area contributed by atoms with Gasteiger partial charge in [0.15, 0.2) is 0 Å². The van der Waals surface area contributed by atoms with Crippen molar-refractivity contribution in [3.8, 4) is 5.19 Å². The van der Waals surface area contributed by atoms with E-state index in [2.05, 4.69) is 16.8 Å². The van der Waals surface area contributed by atoms with Crippen molar-refractivity contribution in [2.75, 3.05) is 32.8 Å². The highest BCUT2D eigenvalue weighted by molar-refractivity contribution is 7.20. The molecule has 0 bridgehead atoms. The molecule has 98 valence electrons. The Balaban J connectivity index is 1.86. The smallest absolute Gasteiger partial charge is 0.274 e. The Bertz CT molecular complexity index is 454. The van der Waals surface area contributed by atoms with Crippen LogP contribution in [0.3, 0.4) is 0 Å². The molecular formula is C13H18N2O2S. The summed E-state index contributed by atoms with van der Waals surface area (Å²) >= 11 is 1.57. The first-order valence-corrected chi connectivity index (χ1v) is 6.96. The van der Waals surface area contributed by atoms with E-state index in [0.717, 1.165) is 28.5 Å². The van der Waals surface area contributed by atoms with E-state index in [1.54, 1.807) is 11.3 Å². The van der Waals surface area contributed by atoms with E-state index >= 15 is 0 Å². The predicted molar refractivity (Wildman–Crippen MR) is 74.3 cm³/mol. The number of aliphatic hydroxyl groups excluding tert-OH is 1. The number of para-hydroxylation sites is 1. The molecule has 0 radical (unpaired) electrons. The molecule has 0 atom stereocenters. The highest BCUT2D eigenvalue weighted by Crippen LogP contribution is 2.27. The second kappa shape index (κ2) is 6.68. The van der Waals surface area contributed by atoms with Crippen molar-refractivity contribution in [1.82, 2.24) is 9.88 Å². The second-order valence-corrected chi connectivity index (χ2v) is 4.95. The van der Waals surface area contributed by atoms with Crippen LogP contribution < -0.4 is 4.74 Å². The van der Waals surface area contributed by atoms with Crippen LogP contribution in [0.25, 0.3) is 10.2 Å². The number of fused-ring (bicyclic) bond motifs is 1. The number of aromatic nitrogens is 1. The standard InChI is InChI=1S/C13H18N2O2S/c1-2-15(7-9-16)8-10-17-13-14-11-5-3-4-6-12(11)18-13/h3-6,16H,2,7-10H2,1H3. The van der Waals surface area contributed by atoms with Gasteiger partial charge in [0.1, 0.15) is 6.61 Å². The average molecular weight is 266 g/mol. The van der Waals surface area contributed by atoms with Crippen LogP contribution in [0.4, 0.5) is 0 Å². The molecule has 2 rings (SSSR count). The third-order valence-electron chi connectivity index (χ3n) is 2.77. The van der Waals surface area contributed by atoms with Crippen LogP contribution in [0.15, 0.2) is 24.3 Å². The Morgan fingerprint density at radius 3 is 2.89 bits per heavy atom. The second-order valence-electron chi connectivity index (χ2n) is 3.95. The topological polar surface area (TPSA) is 45.6 Å². The van der Waals surface area contributed by atoms with Crippen LogP contribution in [0.2, 0.25) is 0 Å². The number of rotatable bonds is 7. The molecule has 2 aromatic rings. The lowest BCUT2D eigenvalue weighted by Gasteiger charge is -2.18. The lowest BCUT2D eigenvalue weighted by molar-refractivity contribution is 0.174. The molecule has 0 aliphatic carbocycles. The van der Waals surface area contributed by atoms with Gasteiger partial charge in [0.05, 0.1) is 16.8 Å². The van der Waals surface area contributed by atoms with Crippen molar-refractivity contribution in [3.05, 3.63) is 24.3 Å². The Morgan fingerprint density at radius 1 is 1.33 bits per heavy atom. The van der Waals surface area contributed by atoms with Gasteiger partial charge in [0, 0.05) is 13.1 Å². The maximum atomic E-state index is 8.89. The minimum absolute atomic E-state index is 0.189. The first-order chi connectivity index (χ1) is 8.83. The molecule has 0 fully saturated rings. The molecule has 1 heterocycles. The number of benzene rings is 1. The van der Waals surface area contributed by atoms with Gasteiger partial charge in [-0.2, -0.15) is 0 Å². The summed E-state index contributed by atoms with van der Waals surface area (Å²) in [4.78, 5) is 6.56. The van der Waals surface area contributed by atoms with E-state index in [1.165, 1.54) is 0 Å². The predicted octanol–water partition coefficient (Wildman–Crippen LogP) is 1.99. The Hall–Kier alpha value is -1.17. The van der Waals surface area contributed by atoms with Crippen molar-refractivity contribution in [3.63, 3.8) is 0 Å². The van der Waals surface area contributed by atoms with Gasteiger partial charge in [-0.05, 0) is 18.7 Å². The summed E-state index contributed by atoms with van der Waals surface area (Å²) in [5, 5.41) is 9.61. The third-order valence-corrected chi connectivity index (χ3v) is 3.72.